The van der Waals surface area contributed by atoms with Crippen LogP contribution >= 0.6 is 0 Å². The van der Waals surface area contributed by atoms with Crippen LogP contribution in [0.5, 0.6) is 0 Å². The summed E-state index contributed by atoms with van der Waals surface area (Å²) in [6.45, 7) is 3.95. The zero-order valence-electron chi connectivity index (χ0n) is 14.5. The third-order valence-corrected chi connectivity index (χ3v) is 4.27. The molecule has 0 bridgehead atoms. The van der Waals surface area contributed by atoms with E-state index in [4.69, 9.17) is 10.5 Å². The SMILES string of the molecule is CC(N)C(=O)N1CCCC(CN(C)C(=O)OCc2ccccc2)C1. The van der Waals surface area contributed by atoms with E-state index in [2.05, 4.69) is 0 Å². The molecule has 2 amide bonds. The average molecular weight is 333 g/mol. The summed E-state index contributed by atoms with van der Waals surface area (Å²) in [5, 5.41) is 0. The fourth-order valence-corrected chi connectivity index (χ4v) is 2.99. The topological polar surface area (TPSA) is 75.9 Å². The standard InChI is InChI=1S/C18H27N3O3/c1-14(19)17(22)21-10-6-9-16(12-21)11-20(2)18(23)24-13-15-7-4-3-5-8-15/h3-5,7-8,14,16H,6,9-13,19H2,1-2H3. The van der Waals surface area contributed by atoms with Gasteiger partial charge < -0.3 is 20.3 Å². The highest BCUT2D eigenvalue weighted by Gasteiger charge is 2.27. The molecule has 0 aromatic heterocycles. The van der Waals surface area contributed by atoms with Crippen molar-refractivity contribution in [3.05, 3.63) is 35.9 Å². The number of benzene rings is 1. The van der Waals surface area contributed by atoms with Crippen molar-refractivity contribution in [3.63, 3.8) is 0 Å². The Kier molecular flexibility index (Phi) is 6.61. The van der Waals surface area contributed by atoms with Crippen LogP contribution in [0.15, 0.2) is 30.3 Å². The van der Waals surface area contributed by atoms with Gasteiger partial charge in [0, 0.05) is 26.7 Å². The molecule has 1 fully saturated rings. The summed E-state index contributed by atoms with van der Waals surface area (Å²) in [6.07, 6.45) is 1.60. The summed E-state index contributed by atoms with van der Waals surface area (Å²) in [5.74, 6) is 0.240. The zero-order valence-corrected chi connectivity index (χ0v) is 14.5. The van der Waals surface area contributed by atoms with E-state index in [0.717, 1.165) is 24.9 Å². The fourth-order valence-electron chi connectivity index (χ4n) is 2.99. The van der Waals surface area contributed by atoms with Crippen molar-refractivity contribution < 1.29 is 14.3 Å². The van der Waals surface area contributed by atoms with Crippen LogP contribution in [-0.2, 0) is 16.1 Å². The molecule has 0 saturated carbocycles. The Hall–Kier alpha value is -2.08. The van der Waals surface area contributed by atoms with Crippen LogP contribution in [0.4, 0.5) is 4.79 Å². The van der Waals surface area contributed by atoms with Gasteiger partial charge in [0.2, 0.25) is 5.91 Å². The molecule has 0 spiro atoms. The minimum Gasteiger partial charge on any atom is -0.445 e. The van der Waals surface area contributed by atoms with E-state index >= 15 is 0 Å². The lowest BCUT2D eigenvalue weighted by Gasteiger charge is -2.35. The van der Waals surface area contributed by atoms with E-state index in [0.29, 0.717) is 13.1 Å². The highest BCUT2D eigenvalue weighted by Crippen LogP contribution is 2.18. The van der Waals surface area contributed by atoms with Crippen molar-refractivity contribution in [1.29, 1.82) is 0 Å². The minimum absolute atomic E-state index is 0.0194. The van der Waals surface area contributed by atoms with Crippen LogP contribution in [0.1, 0.15) is 25.3 Å². The molecule has 6 heteroatoms. The molecule has 2 rings (SSSR count). The Balaban J connectivity index is 1.79. The maximum absolute atomic E-state index is 12.1. The third-order valence-electron chi connectivity index (χ3n) is 4.27. The quantitative estimate of drug-likeness (QED) is 0.892. The number of carbonyl (C=O) groups is 2. The van der Waals surface area contributed by atoms with Crippen LogP contribution in [0.3, 0.4) is 0 Å². The number of nitrogens with zero attached hydrogens (tertiary/aromatic N) is 2. The lowest BCUT2D eigenvalue weighted by molar-refractivity contribution is -0.134. The lowest BCUT2D eigenvalue weighted by Crippen LogP contribution is -2.48. The zero-order chi connectivity index (χ0) is 17.5. The van der Waals surface area contributed by atoms with Gasteiger partial charge in [0.15, 0.2) is 0 Å². The molecule has 0 radical (unpaired) electrons. The first kappa shape index (κ1) is 18.3. The number of hydrogen-bond donors (Lipinski definition) is 1. The van der Waals surface area contributed by atoms with Gasteiger partial charge in [-0.3, -0.25) is 4.79 Å². The summed E-state index contributed by atoms with van der Waals surface area (Å²) in [4.78, 5) is 27.5. The molecule has 1 aliphatic rings. The van der Waals surface area contributed by atoms with Gasteiger partial charge >= 0.3 is 6.09 Å². The smallest absolute Gasteiger partial charge is 0.409 e. The number of likely N-dealkylation sites (tertiary alicyclic amines) is 1. The average Bonchev–Trinajstić information content (AvgIpc) is 2.60. The number of nitrogens with two attached hydrogens (primary N) is 1. The Morgan fingerprint density at radius 3 is 2.75 bits per heavy atom. The van der Waals surface area contributed by atoms with Gasteiger partial charge in [0.05, 0.1) is 6.04 Å². The van der Waals surface area contributed by atoms with Gasteiger partial charge in [-0.25, -0.2) is 4.79 Å². The second kappa shape index (κ2) is 8.68. The highest BCUT2D eigenvalue weighted by molar-refractivity contribution is 5.81. The lowest BCUT2D eigenvalue weighted by atomic mass is 9.97. The van der Waals surface area contributed by atoms with Crippen molar-refractivity contribution in [3.8, 4) is 0 Å². The molecule has 2 unspecified atom stereocenters. The van der Waals surface area contributed by atoms with E-state index in [-0.39, 0.29) is 24.5 Å². The van der Waals surface area contributed by atoms with Crippen molar-refractivity contribution in [2.24, 2.45) is 11.7 Å². The number of hydrogen-bond acceptors (Lipinski definition) is 4. The van der Waals surface area contributed by atoms with E-state index in [9.17, 15) is 9.59 Å². The second-order valence-corrected chi connectivity index (χ2v) is 6.50. The van der Waals surface area contributed by atoms with E-state index in [1.54, 1.807) is 18.9 Å². The van der Waals surface area contributed by atoms with Gasteiger partial charge in [-0.15, -0.1) is 0 Å². The van der Waals surface area contributed by atoms with Crippen LogP contribution in [0.2, 0.25) is 0 Å². The third kappa shape index (κ3) is 5.23. The fraction of sp³-hybridized carbons (Fsp3) is 0.556. The minimum atomic E-state index is -0.475. The molecule has 1 aromatic rings. The van der Waals surface area contributed by atoms with Crippen molar-refractivity contribution >= 4 is 12.0 Å². The number of piperidine rings is 1. The van der Waals surface area contributed by atoms with Crippen LogP contribution in [0.25, 0.3) is 0 Å². The molecule has 6 nitrogen and oxygen atoms in total. The van der Waals surface area contributed by atoms with E-state index < -0.39 is 6.04 Å². The molecule has 132 valence electrons. The van der Waals surface area contributed by atoms with E-state index in [1.165, 1.54) is 0 Å². The normalized spacial score (nSPS) is 18.8. The van der Waals surface area contributed by atoms with Gasteiger partial charge in [0.25, 0.3) is 0 Å². The second-order valence-electron chi connectivity index (χ2n) is 6.50. The maximum Gasteiger partial charge on any atom is 0.409 e. The Morgan fingerprint density at radius 1 is 1.38 bits per heavy atom. The van der Waals surface area contributed by atoms with Gasteiger partial charge in [0.1, 0.15) is 6.61 Å². The molecule has 1 saturated heterocycles. The van der Waals surface area contributed by atoms with Gasteiger partial charge in [-0.1, -0.05) is 30.3 Å². The molecule has 1 aliphatic heterocycles. The summed E-state index contributed by atoms with van der Waals surface area (Å²) < 4.78 is 5.33. The molecular formula is C18H27N3O3. The Morgan fingerprint density at radius 2 is 2.08 bits per heavy atom. The first-order valence-electron chi connectivity index (χ1n) is 8.43. The summed E-state index contributed by atoms with van der Waals surface area (Å²) in [5.41, 5.74) is 6.64. The number of carbonyl (C=O) groups excluding carboxylic acids is 2. The monoisotopic (exact) mass is 333 g/mol. The van der Waals surface area contributed by atoms with Crippen molar-refractivity contribution in [1.82, 2.24) is 9.80 Å². The molecular weight excluding hydrogens is 306 g/mol. The molecule has 0 aliphatic carbocycles. The van der Waals surface area contributed by atoms with Crippen LogP contribution in [-0.4, -0.2) is 54.5 Å². The molecule has 1 aromatic carbocycles. The Labute approximate surface area is 143 Å². The molecule has 1 heterocycles. The van der Waals surface area contributed by atoms with Crippen molar-refractivity contribution in [2.75, 3.05) is 26.7 Å². The molecule has 2 N–H and O–H groups in total. The summed E-state index contributed by atoms with van der Waals surface area (Å²) in [7, 11) is 1.74. The number of rotatable bonds is 5. The molecule has 24 heavy (non-hydrogen) atoms. The highest BCUT2D eigenvalue weighted by atomic mass is 16.6. The van der Waals surface area contributed by atoms with E-state index in [1.807, 2.05) is 35.2 Å². The van der Waals surface area contributed by atoms with Crippen LogP contribution < -0.4 is 5.73 Å². The number of amides is 2. The van der Waals surface area contributed by atoms with Gasteiger partial charge in [-0.05, 0) is 31.2 Å². The first-order valence-corrected chi connectivity index (χ1v) is 8.43. The summed E-state index contributed by atoms with van der Waals surface area (Å²) in [6, 6.07) is 9.13. The van der Waals surface area contributed by atoms with Crippen molar-refractivity contribution in [2.45, 2.75) is 32.4 Å². The maximum atomic E-state index is 12.1. The Bertz CT molecular complexity index is 548. The first-order chi connectivity index (χ1) is 11.5. The van der Waals surface area contributed by atoms with Gasteiger partial charge in [-0.2, -0.15) is 0 Å². The largest absolute Gasteiger partial charge is 0.445 e. The van der Waals surface area contributed by atoms with Crippen LogP contribution in [0, 0.1) is 5.92 Å². The predicted octanol–water partition coefficient (Wildman–Crippen LogP) is 1.84. The number of ether oxygens (including phenoxy) is 1. The predicted molar refractivity (Wildman–Crippen MR) is 92.2 cm³/mol. The summed E-state index contributed by atoms with van der Waals surface area (Å²) >= 11 is 0. The molecule has 2 atom stereocenters.